The standard InChI is InChI=1S/C21H26F4O4S/c1-9(2)12-7-13(10(3)4)19(14(8-12)11(5)6)29-20-15(22)17(24)21(30(26,27)28)18(25)16(20)23/h7-11,15,20H,1-6H3,(H,26,27,28). The fraction of sp³-hybridized carbons (Fsp3) is 0.524. The first-order valence-electron chi connectivity index (χ1n) is 9.59. The van der Waals surface area contributed by atoms with Crippen molar-refractivity contribution in [2.45, 2.75) is 71.6 Å². The number of allylic oxidation sites excluding steroid dienone is 1. The third-order valence-corrected chi connectivity index (χ3v) is 5.86. The summed E-state index contributed by atoms with van der Waals surface area (Å²) in [4.78, 5) is -2.05. The van der Waals surface area contributed by atoms with Crippen LogP contribution in [0.25, 0.3) is 0 Å². The summed E-state index contributed by atoms with van der Waals surface area (Å²) in [6.07, 6.45) is -5.32. The van der Waals surface area contributed by atoms with Crippen molar-refractivity contribution in [3.8, 4) is 5.75 Å². The van der Waals surface area contributed by atoms with Crippen molar-refractivity contribution in [2.75, 3.05) is 0 Å². The van der Waals surface area contributed by atoms with Crippen LogP contribution in [0.4, 0.5) is 17.6 Å². The predicted molar refractivity (Wildman–Crippen MR) is 107 cm³/mol. The molecule has 0 aromatic heterocycles. The van der Waals surface area contributed by atoms with E-state index >= 15 is 0 Å². The highest BCUT2D eigenvalue weighted by molar-refractivity contribution is 7.90. The molecule has 0 fully saturated rings. The number of rotatable bonds is 6. The van der Waals surface area contributed by atoms with Gasteiger partial charge in [-0.1, -0.05) is 53.7 Å². The summed E-state index contributed by atoms with van der Waals surface area (Å²) in [6, 6.07) is 3.64. The number of hydrogen-bond acceptors (Lipinski definition) is 3. The third-order valence-electron chi connectivity index (χ3n) is 4.97. The molecule has 1 aromatic rings. The van der Waals surface area contributed by atoms with Gasteiger partial charge < -0.3 is 4.74 Å². The van der Waals surface area contributed by atoms with Crippen molar-refractivity contribution in [3.63, 3.8) is 0 Å². The zero-order chi connectivity index (χ0) is 23.1. The lowest BCUT2D eigenvalue weighted by molar-refractivity contribution is 0.104. The molecule has 2 rings (SSSR count). The lowest BCUT2D eigenvalue weighted by atomic mass is 9.88. The smallest absolute Gasteiger partial charge is 0.300 e. The van der Waals surface area contributed by atoms with Crippen molar-refractivity contribution < 1.29 is 35.3 Å². The van der Waals surface area contributed by atoms with Gasteiger partial charge in [-0.25, -0.2) is 17.6 Å². The van der Waals surface area contributed by atoms with Gasteiger partial charge in [0.1, 0.15) is 5.75 Å². The van der Waals surface area contributed by atoms with Crippen molar-refractivity contribution >= 4 is 10.1 Å². The molecule has 1 N–H and O–H groups in total. The summed E-state index contributed by atoms with van der Waals surface area (Å²) in [5.41, 5.74) is 2.18. The van der Waals surface area contributed by atoms with E-state index in [0.717, 1.165) is 5.56 Å². The topological polar surface area (TPSA) is 63.6 Å². The van der Waals surface area contributed by atoms with E-state index in [-0.39, 0.29) is 23.5 Å². The maximum atomic E-state index is 14.6. The molecule has 0 aliphatic heterocycles. The molecule has 2 atom stereocenters. The Balaban J connectivity index is 2.67. The average molecular weight is 450 g/mol. The Morgan fingerprint density at radius 1 is 0.900 bits per heavy atom. The summed E-state index contributed by atoms with van der Waals surface area (Å²) in [5, 5.41) is 0. The highest BCUT2D eigenvalue weighted by Gasteiger charge is 2.46. The lowest BCUT2D eigenvalue weighted by Gasteiger charge is -2.29. The summed E-state index contributed by atoms with van der Waals surface area (Å²) >= 11 is 0. The number of alkyl halides is 1. The zero-order valence-corrected chi connectivity index (χ0v) is 18.5. The molecule has 9 heteroatoms. The molecule has 0 radical (unpaired) electrons. The minimum absolute atomic E-state index is 0.100. The van der Waals surface area contributed by atoms with Crippen LogP contribution in [0, 0.1) is 0 Å². The SMILES string of the molecule is CC(C)c1cc(C(C)C)c(OC2C(F)=C(F)C(S(=O)(=O)O)=C(F)C2F)c(C(C)C)c1. The van der Waals surface area contributed by atoms with E-state index in [9.17, 15) is 26.0 Å². The van der Waals surface area contributed by atoms with Gasteiger partial charge in [0.15, 0.2) is 34.7 Å². The molecule has 168 valence electrons. The van der Waals surface area contributed by atoms with E-state index in [1.165, 1.54) is 0 Å². The van der Waals surface area contributed by atoms with Crippen LogP contribution < -0.4 is 4.74 Å². The summed E-state index contributed by atoms with van der Waals surface area (Å²) < 4.78 is 94.4. The molecular formula is C21H26F4O4S. The summed E-state index contributed by atoms with van der Waals surface area (Å²) in [7, 11) is -5.51. The second kappa shape index (κ2) is 8.70. The molecule has 0 saturated heterocycles. The Morgan fingerprint density at radius 3 is 1.73 bits per heavy atom. The van der Waals surface area contributed by atoms with Gasteiger partial charge in [-0.3, -0.25) is 4.55 Å². The van der Waals surface area contributed by atoms with Crippen molar-refractivity contribution in [1.29, 1.82) is 0 Å². The van der Waals surface area contributed by atoms with Crippen molar-refractivity contribution in [3.05, 3.63) is 51.2 Å². The minimum Gasteiger partial charge on any atom is -0.479 e. The van der Waals surface area contributed by atoms with E-state index in [4.69, 9.17) is 9.29 Å². The van der Waals surface area contributed by atoms with Gasteiger partial charge >= 0.3 is 0 Å². The van der Waals surface area contributed by atoms with Gasteiger partial charge in [0.25, 0.3) is 10.1 Å². The maximum Gasteiger partial charge on any atom is 0.300 e. The fourth-order valence-electron chi connectivity index (χ4n) is 3.23. The van der Waals surface area contributed by atoms with Gasteiger partial charge in [-0.05, 0) is 34.4 Å². The van der Waals surface area contributed by atoms with Crippen LogP contribution in [-0.2, 0) is 10.1 Å². The summed E-state index contributed by atoms with van der Waals surface area (Å²) in [6.45, 7) is 11.3. The van der Waals surface area contributed by atoms with E-state index in [1.807, 2.05) is 53.7 Å². The Hall–Kier alpha value is -1.87. The highest BCUT2D eigenvalue weighted by atomic mass is 32.2. The number of ether oxygens (including phenoxy) is 1. The van der Waals surface area contributed by atoms with Crippen LogP contribution in [0.3, 0.4) is 0 Å². The summed E-state index contributed by atoms with van der Waals surface area (Å²) in [5.74, 6) is -6.30. The second-order valence-corrected chi connectivity index (χ2v) is 9.61. The number of hydrogen-bond donors (Lipinski definition) is 1. The molecule has 0 bridgehead atoms. The molecular weight excluding hydrogens is 424 g/mol. The quantitative estimate of drug-likeness (QED) is 0.404. The molecule has 0 heterocycles. The van der Waals surface area contributed by atoms with Crippen LogP contribution in [0.2, 0.25) is 0 Å². The predicted octanol–water partition coefficient (Wildman–Crippen LogP) is 6.38. The number of halogens is 4. The molecule has 1 aliphatic carbocycles. The van der Waals surface area contributed by atoms with E-state index in [1.54, 1.807) is 0 Å². The van der Waals surface area contributed by atoms with Gasteiger partial charge in [0.05, 0.1) is 0 Å². The Morgan fingerprint density at radius 2 is 1.37 bits per heavy atom. The van der Waals surface area contributed by atoms with E-state index in [2.05, 4.69) is 0 Å². The first-order chi connectivity index (χ1) is 13.7. The Bertz CT molecular complexity index is 965. The molecule has 0 saturated carbocycles. The third kappa shape index (κ3) is 4.56. The molecule has 2 unspecified atom stereocenters. The monoisotopic (exact) mass is 450 g/mol. The van der Waals surface area contributed by atoms with Crippen LogP contribution in [-0.4, -0.2) is 25.2 Å². The second-order valence-electron chi connectivity index (χ2n) is 8.25. The highest BCUT2D eigenvalue weighted by Crippen LogP contribution is 2.43. The fourth-order valence-corrected chi connectivity index (χ4v) is 3.91. The lowest BCUT2D eigenvalue weighted by Crippen LogP contribution is -2.36. The van der Waals surface area contributed by atoms with Crippen molar-refractivity contribution in [1.82, 2.24) is 0 Å². The van der Waals surface area contributed by atoms with E-state index < -0.39 is 44.8 Å². The molecule has 4 nitrogen and oxygen atoms in total. The first-order valence-corrected chi connectivity index (χ1v) is 11.0. The largest absolute Gasteiger partial charge is 0.479 e. The maximum absolute atomic E-state index is 14.6. The van der Waals surface area contributed by atoms with Crippen LogP contribution >= 0.6 is 0 Å². The molecule has 0 spiro atoms. The van der Waals surface area contributed by atoms with Gasteiger partial charge in [-0.15, -0.1) is 0 Å². The molecule has 1 aromatic carbocycles. The van der Waals surface area contributed by atoms with Crippen LogP contribution in [0.1, 0.15) is 76.0 Å². The molecule has 30 heavy (non-hydrogen) atoms. The molecule has 1 aliphatic rings. The van der Waals surface area contributed by atoms with Gasteiger partial charge in [-0.2, -0.15) is 8.42 Å². The van der Waals surface area contributed by atoms with Gasteiger partial charge in [0.2, 0.25) is 0 Å². The van der Waals surface area contributed by atoms with E-state index in [0.29, 0.717) is 11.1 Å². The number of benzene rings is 1. The Labute approximate surface area is 174 Å². The Kier molecular flexibility index (Phi) is 7.08. The van der Waals surface area contributed by atoms with Crippen LogP contribution in [0.5, 0.6) is 5.75 Å². The zero-order valence-electron chi connectivity index (χ0n) is 17.6. The normalized spacial score (nSPS) is 20.7. The van der Waals surface area contributed by atoms with Crippen LogP contribution in [0.15, 0.2) is 34.5 Å². The average Bonchev–Trinajstić information content (AvgIpc) is 2.61. The molecule has 0 amide bonds. The van der Waals surface area contributed by atoms with Crippen molar-refractivity contribution in [2.24, 2.45) is 0 Å². The van der Waals surface area contributed by atoms with Gasteiger partial charge in [0, 0.05) is 0 Å². The first kappa shape index (κ1) is 24.4. The minimum atomic E-state index is -5.51.